The maximum Gasteiger partial charge on any atom is 0.137 e. The predicted molar refractivity (Wildman–Crippen MR) is 227 cm³/mol. The van der Waals surface area contributed by atoms with Crippen molar-refractivity contribution in [2.75, 3.05) is 4.90 Å². The molecule has 0 amide bonds. The topological polar surface area (TPSA) is 16.4 Å². The van der Waals surface area contributed by atoms with Crippen LogP contribution in [0.3, 0.4) is 0 Å². The number of thiophene rings is 1. The van der Waals surface area contributed by atoms with E-state index in [0.717, 1.165) is 39.0 Å². The summed E-state index contributed by atoms with van der Waals surface area (Å²) in [6, 6.07) is 67.9. The van der Waals surface area contributed by atoms with Crippen LogP contribution in [-0.2, 0) is 0 Å². The van der Waals surface area contributed by atoms with Crippen molar-refractivity contribution in [3.05, 3.63) is 188 Å². The molecule has 2 nitrogen and oxygen atoms in total. The quantitative estimate of drug-likeness (QED) is 0.178. The Morgan fingerprint density at radius 2 is 0.925 bits per heavy atom. The highest BCUT2D eigenvalue weighted by Crippen LogP contribution is 2.51. The Labute approximate surface area is 310 Å². The third kappa shape index (κ3) is 4.64. The number of fused-ring (bicyclic) bond motifs is 8. The Bertz CT molecular complexity index is 3180. The first-order valence-corrected chi connectivity index (χ1v) is 18.8. The number of para-hydroxylation sites is 1. The third-order valence-corrected chi connectivity index (χ3v) is 11.9. The smallest absolute Gasteiger partial charge is 0.137 e. The average molecular weight is 694 g/mol. The Hall–Kier alpha value is -6.68. The Morgan fingerprint density at radius 1 is 0.340 bits per heavy atom. The van der Waals surface area contributed by atoms with E-state index in [0.29, 0.717) is 0 Å². The molecule has 0 bridgehead atoms. The molecule has 11 rings (SSSR count). The molecule has 0 saturated heterocycles. The molecule has 0 spiro atoms. The number of hydrogen-bond donors (Lipinski definition) is 0. The van der Waals surface area contributed by atoms with Gasteiger partial charge in [-0.1, -0.05) is 158 Å². The summed E-state index contributed by atoms with van der Waals surface area (Å²) in [7, 11) is 0. The molecule has 248 valence electrons. The first-order chi connectivity index (χ1) is 26.3. The monoisotopic (exact) mass is 693 g/mol. The fraction of sp³-hybridized carbons (Fsp3) is 0. The van der Waals surface area contributed by atoms with Gasteiger partial charge in [0.15, 0.2) is 0 Å². The van der Waals surface area contributed by atoms with Gasteiger partial charge in [0.2, 0.25) is 0 Å². The van der Waals surface area contributed by atoms with Gasteiger partial charge in [-0.05, 0) is 68.7 Å². The van der Waals surface area contributed by atoms with Crippen LogP contribution in [0.15, 0.2) is 192 Å². The number of rotatable bonds is 5. The molecule has 0 N–H and O–H groups in total. The lowest BCUT2D eigenvalue weighted by Crippen LogP contribution is -2.11. The van der Waals surface area contributed by atoms with Crippen LogP contribution in [0.25, 0.3) is 85.9 Å². The second-order valence-corrected chi connectivity index (χ2v) is 14.6. The molecule has 0 aliphatic heterocycles. The van der Waals surface area contributed by atoms with Gasteiger partial charge in [0.1, 0.15) is 11.2 Å². The fourth-order valence-corrected chi connectivity index (χ4v) is 9.67. The summed E-state index contributed by atoms with van der Waals surface area (Å²) < 4.78 is 9.04. The lowest BCUT2D eigenvalue weighted by molar-refractivity contribution is 0.669. The average Bonchev–Trinajstić information content (AvgIpc) is 3.81. The molecule has 0 atom stereocenters. The van der Waals surface area contributed by atoms with Gasteiger partial charge in [-0.2, -0.15) is 0 Å². The van der Waals surface area contributed by atoms with E-state index in [1.54, 1.807) is 0 Å². The Morgan fingerprint density at radius 3 is 1.81 bits per heavy atom. The standard InChI is InChI=1S/C50H31NOS/c1-2-14-33(15-3-1)35-22-11-24-40-41-25-12-27-45(50(41)53-49(35)40)51(44-26-13-29-47-48(44)42-21-8-9-28-46(42)52-47)43-31-30-38(37-19-6-7-20-39(37)43)36-23-10-17-32-16-4-5-18-34(32)36/h1-31H. The summed E-state index contributed by atoms with van der Waals surface area (Å²) in [6.45, 7) is 0. The van der Waals surface area contributed by atoms with Gasteiger partial charge < -0.3 is 9.32 Å². The lowest BCUT2D eigenvalue weighted by Gasteiger charge is -2.28. The summed E-state index contributed by atoms with van der Waals surface area (Å²) in [6.07, 6.45) is 0. The van der Waals surface area contributed by atoms with Crippen molar-refractivity contribution >= 4 is 92.1 Å². The second-order valence-electron chi connectivity index (χ2n) is 13.6. The van der Waals surface area contributed by atoms with E-state index in [9.17, 15) is 0 Å². The molecular weight excluding hydrogens is 663 g/mol. The molecule has 9 aromatic carbocycles. The van der Waals surface area contributed by atoms with Crippen LogP contribution in [0, 0.1) is 0 Å². The molecule has 0 radical (unpaired) electrons. The van der Waals surface area contributed by atoms with Crippen molar-refractivity contribution in [3.8, 4) is 22.3 Å². The molecule has 11 aromatic rings. The Kier molecular flexibility index (Phi) is 6.76. The van der Waals surface area contributed by atoms with Crippen molar-refractivity contribution < 1.29 is 4.42 Å². The molecule has 0 aliphatic rings. The van der Waals surface area contributed by atoms with Crippen LogP contribution in [0.1, 0.15) is 0 Å². The van der Waals surface area contributed by atoms with E-state index in [2.05, 4.69) is 187 Å². The van der Waals surface area contributed by atoms with Crippen molar-refractivity contribution in [3.63, 3.8) is 0 Å². The highest BCUT2D eigenvalue weighted by atomic mass is 32.1. The molecule has 0 saturated carbocycles. The van der Waals surface area contributed by atoms with Gasteiger partial charge >= 0.3 is 0 Å². The zero-order chi connectivity index (χ0) is 34.9. The number of furan rings is 1. The van der Waals surface area contributed by atoms with E-state index in [1.165, 1.54) is 64.0 Å². The van der Waals surface area contributed by atoms with Crippen molar-refractivity contribution in [1.82, 2.24) is 0 Å². The maximum atomic E-state index is 6.50. The van der Waals surface area contributed by atoms with Crippen LogP contribution in [0.2, 0.25) is 0 Å². The normalized spacial score (nSPS) is 11.8. The van der Waals surface area contributed by atoms with Crippen molar-refractivity contribution in [2.24, 2.45) is 0 Å². The Balaban J connectivity index is 1.24. The van der Waals surface area contributed by atoms with Gasteiger partial charge in [-0.15, -0.1) is 11.3 Å². The van der Waals surface area contributed by atoms with Crippen molar-refractivity contribution in [2.45, 2.75) is 0 Å². The van der Waals surface area contributed by atoms with E-state index >= 15 is 0 Å². The largest absolute Gasteiger partial charge is 0.456 e. The lowest BCUT2D eigenvalue weighted by atomic mass is 9.92. The summed E-state index contributed by atoms with van der Waals surface area (Å²) in [4.78, 5) is 2.49. The molecule has 3 heteroatoms. The van der Waals surface area contributed by atoms with Gasteiger partial charge in [0.05, 0.1) is 27.1 Å². The maximum absolute atomic E-state index is 6.50. The molecule has 53 heavy (non-hydrogen) atoms. The minimum atomic E-state index is 0.875. The molecule has 2 heterocycles. The molecule has 0 fully saturated rings. The third-order valence-electron chi connectivity index (χ3n) is 10.7. The highest BCUT2D eigenvalue weighted by molar-refractivity contribution is 7.27. The number of anilines is 3. The van der Waals surface area contributed by atoms with E-state index in [1.807, 2.05) is 17.4 Å². The summed E-state index contributed by atoms with van der Waals surface area (Å²) >= 11 is 1.88. The highest BCUT2D eigenvalue weighted by Gasteiger charge is 2.25. The first kappa shape index (κ1) is 30.0. The van der Waals surface area contributed by atoms with E-state index < -0.39 is 0 Å². The van der Waals surface area contributed by atoms with Gasteiger partial charge in [0, 0.05) is 26.2 Å². The van der Waals surface area contributed by atoms with Gasteiger partial charge in [-0.25, -0.2) is 0 Å². The van der Waals surface area contributed by atoms with Crippen LogP contribution >= 0.6 is 11.3 Å². The zero-order valence-electron chi connectivity index (χ0n) is 28.7. The van der Waals surface area contributed by atoms with Crippen molar-refractivity contribution in [1.29, 1.82) is 0 Å². The molecule has 0 aliphatic carbocycles. The van der Waals surface area contributed by atoms with E-state index in [4.69, 9.17) is 4.42 Å². The number of benzene rings is 9. The number of hydrogen-bond acceptors (Lipinski definition) is 3. The van der Waals surface area contributed by atoms with Crippen LogP contribution in [0.5, 0.6) is 0 Å². The molecule has 2 aromatic heterocycles. The zero-order valence-corrected chi connectivity index (χ0v) is 29.5. The molecular formula is C50H31NOS. The summed E-state index contributed by atoms with van der Waals surface area (Å²) in [5.74, 6) is 0. The second kappa shape index (κ2) is 11.9. The predicted octanol–water partition coefficient (Wildman–Crippen LogP) is 15.1. The summed E-state index contributed by atoms with van der Waals surface area (Å²) in [5, 5.41) is 9.63. The first-order valence-electron chi connectivity index (χ1n) is 18.0. The van der Waals surface area contributed by atoms with Gasteiger partial charge in [-0.3, -0.25) is 0 Å². The van der Waals surface area contributed by atoms with E-state index in [-0.39, 0.29) is 0 Å². The summed E-state index contributed by atoms with van der Waals surface area (Å²) in [5.41, 5.74) is 10.1. The van der Waals surface area contributed by atoms with Gasteiger partial charge in [0.25, 0.3) is 0 Å². The molecule has 0 unspecified atom stereocenters. The minimum Gasteiger partial charge on any atom is -0.456 e. The van der Waals surface area contributed by atoms with Crippen LogP contribution in [-0.4, -0.2) is 0 Å². The van der Waals surface area contributed by atoms with Crippen LogP contribution < -0.4 is 4.90 Å². The fourth-order valence-electron chi connectivity index (χ4n) is 8.33. The minimum absolute atomic E-state index is 0.875. The SMILES string of the molecule is c1ccc(-c2cccc3c2sc2c(N(c4ccc(-c5cccc6ccccc56)c5ccccc45)c4cccc5oc6ccccc6c45)cccc23)cc1. The van der Waals surface area contributed by atoms with Crippen LogP contribution in [0.4, 0.5) is 17.1 Å². The number of nitrogens with zero attached hydrogens (tertiary/aromatic N) is 1.